The minimum absolute atomic E-state index is 0.0742. The van der Waals surface area contributed by atoms with Crippen molar-refractivity contribution in [3.8, 4) is 0 Å². The summed E-state index contributed by atoms with van der Waals surface area (Å²) < 4.78 is 23.8. The molecule has 3 N–H and O–H groups in total. The van der Waals surface area contributed by atoms with Crippen molar-refractivity contribution < 1.29 is 32.9 Å². The number of phosphoric ester groups is 1. The van der Waals surface area contributed by atoms with E-state index in [1.165, 1.54) is 218 Å². The molecule has 8 nitrogen and oxygen atoms in total. The van der Waals surface area contributed by atoms with E-state index in [1.54, 1.807) is 0 Å². The highest BCUT2D eigenvalue weighted by Crippen LogP contribution is 2.43. The third-order valence-electron chi connectivity index (χ3n) is 13.9. The van der Waals surface area contributed by atoms with Crippen molar-refractivity contribution in [3.63, 3.8) is 0 Å². The van der Waals surface area contributed by atoms with Crippen LogP contribution in [-0.2, 0) is 18.4 Å². The van der Waals surface area contributed by atoms with Crippen molar-refractivity contribution in [2.24, 2.45) is 0 Å². The minimum atomic E-state index is -4.33. The monoisotopic (exact) mass is 1010 g/mol. The van der Waals surface area contributed by atoms with Crippen molar-refractivity contribution in [2.45, 2.75) is 309 Å². The molecule has 0 rings (SSSR count). The van der Waals surface area contributed by atoms with Crippen molar-refractivity contribution in [2.75, 3.05) is 40.9 Å². The maximum Gasteiger partial charge on any atom is 0.472 e. The van der Waals surface area contributed by atoms with Crippen LogP contribution in [0.1, 0.15) is 296 Å². The van der Waals surface area contributed by atoms with E-state index in [1.807, 2.05) is 21.1 Å². The number of rotatable bonds is 56. The Kier molecular flexibility index (Phi) is 51.6. The molecule has 1 amide bonds. The molecule has 3 atom stereocenters. The van der Waals surface area contributed by atoms with Gasteiger partial charge in [-0.2, -0.15) is 0 Å². The number of amides is 1. The third-order valence-corrected chi connectivity index (χ3v) is 14.9. The van der Waals surface area contributed by atoms with Gasteiger partial charge in [-0.3, -0.25) is 13.8 Å². The molecule has 414 valence electrons. The molecule has 0 aliphatic heterocycles. The summed E-state index contributed by atoms with van der Waals surface area (Å²) in [6.07, 6.45) is 67.7. The van der Waals surface area contributed by atoms with Crippen LogP contribution in [0.25, 0.3) is 0 Å². The van der Waals surface area contributed by atoms with Gasteiger partial charge in [0.05, 0.1) is 39.9 Å². The van der Waals surface area contributed by atoms with Crippen molar-refractivity contribution in [1.29, 1.82) is 0 Å². The fraction of sp³-hybridized carbons (Fsp3) is 0.885. The van der Waals surface area contributed by atoms with E-state index in [2.05, 4.69) is 55.6 Å². The highest BCUT2D eigenvalue weighted by molar-refractivity contribution is 7.47. The Morgan fingerprint density at radius 1 is 0.486 bits per heavy atom. The van der Waals surface area contributed by atoms with Crippen LogP contribution in [0.4, 0.5) is 0 Å². The summed E-state index contributed by atoms with van der Waals surface area (Å²) in [6.45, 7) is 4.91. The lowest BCUT2D eigenvalue weighted by Gasteiger charge is -2.26. The first-order chi connectivity index (χ1) is 34.0. The topological polar surface area (TPSA) is 105 Å². The van der Waals surface area contributed by atoms with Crippen LogP contribution in [-0.4, -0.2) is 73.4 Å². The zero-order chi connectivity index (χ0) is 51.3. The first-order valence-corrected chi connectivity index (χ1v) is 31.8. The SMILES string of the molecule is CCCCCCC/C=C\C/C=C\C/C=C\CCCCCCCCCCCCC(=O)NC(COP(=O)(O)OCC[N+](C)(C)C)C(O)CCCCCCCCCCCCCCCCCCCCCCCCC. The molecular weight excluding hydrogens is 888 g/mol. The van der Waals surface area contributed by atoms with E-state index in [0.29, 0.717) is 23.9 Å². The summed E-state index contributed by atoms with van der Waals surface area (Å²) in [6, 6.07) is -0.764. The van der Waals surface area contributed by atoms with E-state index < -0.39 is 20.0 Å². The second-order valence-corrected chi connectivity index (χ2v) is 23.5. The van der Waals surface area contributed by atoms with Crippen LogP contribution < -0.4 is 5.32 Å². The zero-order valence-electron chi connectivity index (χ0n) is 47.3. The van der Waals surface area contributed by atoms with Gasteiger partial charge in [-0.05, 0) is 51.4 Å². The molecule has 0 aliphatic carbocycles. The fourth-order valence-electron chi connectivity index (χ4n) is 9.12. The molecule has 0 aliphatic rings. The summed E-state index contributed by atoms with van der Waals surface area (Å²) in [4.78, 5) is 23.4. The lowest BCUT2D eigenvalue weighted by atomic mass is 10.0. The van der Waals surface area contributed by atoms with Gasteiger partial charge in [0.2, 0.25) is 5.91 Å². The number of allylic oxidation sites excluding steroid dienone is 6. The molecule has 70 heavy (non-hydrogen) atoms. The van der Waals surface area contributed by atoms with Crippen LogP contribution >= 0.6 is 7.82 Å². The van der Waals surface area contributed by atoms with Crippen LogP contribution in [0.15, 0.2) is 36.5 Å². The van der Waals surface area contributed by atoms with Crippen LogP contribution in [0.3, 0.4) is 0 Å². The Morgan fingerprint density at radius 2 is 0.814 bits per heavy atom. The molecule has 0 radical (unpaired) electrons. The van der Waals surface area contributed by atoms with E-state index >= 15 is 0 Å². The van der Waals surface area contributed by atoms with Crippen LogP contribution in [0, 0.1) is 0 Å². The smallest absolute Gasteiger partial charge is 0.391 e. The standard InChI is InChI=1S/C61H119N2O6P/c1-6-8-10-12-14-16-18-20-22-24-26-28-30-31-33-35-37-39-41-43-45-47-49-51-53-55-61(65)62-59(58-69-70(66,67)68-57-56-63(3,4)5)60(64)54-52-50-48-46-44-42-40-38-36-34-32-29-27-25-23-21-19-17-15-13-11-9-7-2/h18,20,24,26,30-31,59-60,64H,6-17,19,21-23,25,27-29,32-58H2,1-5H3,(H-,62,65,66,67)/p+1/b20-18-,26-24-,31-30-. The second-order valence-electron chi connectivity index (χ2n) is 22.1. The molecule has 0 saturated heterocycles. The third kappa shape index (κ3) is 54.5. The number of quaternary nitrogens is 1. The van der Waals surface area contributed by atoms with E-state index in [9.17, 15) is 19.4 Å². The average molecular weight is 1010 g/mol. The van der Waals surface area contributed by atoms with Gasteiger partial charge < -0.3 is 19.8 Å². The van der Waals surface area contributed by atoms with Crippen molar-refractivity contribution in [1.82, 2.24) is 5.32 Å². The normalized spacial score (nSPS) is 14.1. The number of nitrogens with zero attached hydrogens (tertiary/aromatic N) is 1. The van der Waals surface area contributed by atoms with Crippen molar-refractivity contribution >= 4 is 13.7 Å². The summed E-state index contributed by atoms with van der Waals surface area (Å²) in [5.74, 6) is -0.145. The molecule has 3 unspecified atom stereocenters. The Bertz CT molecular complexity index is 1230. The number of likely N-dealkylation sites (N-methyl/N-ethyl adjacent to an activating group) is 1. The lowest BCUT2D eigenvalue weighted by Crippen LogP contribution is -2.46. The van der Waals surface area contributed by atoms with Gasteiger partial charge in [-0.25, -0.2) is 4.57 Å². The van der Waals surface area contributed by atoms with E-state index in [4.69, 9.17) is 9.05 Å². The number of hydrogen-bond donors (Lipinski definition) is 3. The maximum atomic E-state index is 13.0. The summed E-state index contributed by atoms with van der Waals surface area (Å²) in [5, 5.41) is 14.1. The molecular formula is C61H120N2O6P+. The lowest BCUT2D eigenvalue weighted by molar-refractivity contribution is -0.870. The molecule has 0 bridgehead atoms. The van der Waals surface area contributed by atoms with Crippen molar-refractivity contribution in [3.05, 3.63) is 36.5 Å². The first kappa shape index (κ1) is 68.7. The Morgan fingerprint density at radius 3 is 1.19 bits per heavy atom. The van der Waals surface area contributed by atoms with Gasteiger partial charge in [0.25, 0.3) is 0 Å². The minimum Gasteiger partial charge on any atom is -0.391 e. The van der Waals surface area contributed by atoms with Crippen LogP contribution in [0.2, 0.25) is 0 Å². The highest BCUT2D eigenvalue weighted by Gasteiger charge is 2.28. The Balaban J connectivity index is 4.15. The van der Waals surface area contributed by atoms with E-state index in [-0.39, 0.29) is 19.1 Å². The van der Waals surface area contributed by atoms with Gasteiger partial charge in [-0.1, -0.05) is 275 Å². The molecule has 0 aromatic heterocycles. The number of phosphoric acid groups is 1. The molecule has 0 aromatic rings. The average Bonchev–Trinajstić information content (AvgIpc) is 3.32. The number of carbonyl (C=O) groups is 1. The molecule has 0 aromatic carbocycles. The quantitative estimate of drug-likeness (QED) is 0.0243. The molecule has 0 heterocycles. The summed E-state index contributed by atoms with van der Waals surface area (Å²) in [7, 11) is 1.62. The Labute approximate surface area is 436 Å². The highest BCUT2D eigenvalue weighted by atomic mass is 31.2. The number of aliphatic hydroxyl groups excluding tert-OH is 1. The predicted octanol–water partition coefficient (Wildman–Crippen LogP) is 18.5. The number of hydrogen-bond acceptors (Lipinski definition) is 5. The number of carbonyl (C=O) groups excluding carboxylic acids is 1. The van der Waals surface area contributed by atoms with Gasteiger partial charge in [0.1, 0.15) is 13.2 Å². The van der Waals surface area contributed by atoms with Gasteiger partial charge in [0, 0.05) is 6.42 Å². The first-order valence-electron chi connectivity index (χ1n) is 30.4. The van der Waals surface area contributed by atoms with Gasteiger partial charge in [-0.15, -0.1) is 0 Å². The predicted molar refractivity (Wildman–Crippen MR) is 304 cm³/mol. The number of nitrogens with one attached hydrogen (secondary N) is 1. The maximum absolute atomic E-state index is 13.0. The Hall–Kier alpha value is -1.28. The molecule has 0 fully saturated rings. The van der Waals surface area contributed by atoms with Crippen LogP contribution in [0.5, 0.6) is 0 Å². The fourth-order valence-corrected chi connectivity index (χ4v) is 9.85. The molecule has 0 spiro atoms. The van der Waals surface area contributed by atoms with Gasteiger partial charge >= 0.3 is 7.82 Å². The summed E-state index contributed by atoms with van der Waals surface area (Å²) in [5.41, 5.74) is 0. The molecule has 9 heteroatoms. The largest absolute Gasteiger partial charge is 0.472 e. The van der Waals surface area contributed by atoms with E-state index in [0.717, 1.165) is 51.4 Å². The molecule has 0 saturated carbocycles. The number of aliphatic hydroxyl groups is 1. The summed E-state index contributed by atoms with van der Waals surface area (Å²) >= 11 is 0. The van der Waals surface area contributed by atoms with Gasteiger partial charge in [0.15, 0.2) is 0 Å². The second kappa shape index (κ2) is 52.6. The number of unbranched alkanes of at least 4 members (excludes halogenated alkanes) is 37. The zero-order valence-corrected chi connectivity index (χ0v) is 48.2.